The van der Waals surface area contributed by atoms with Gasteiger partial charge >= 0.3 is 0 Å². The Hall–Kier alpha value is -0.120. The summed E-state index contributed by atoms with van der Waals surface area (Å²) < 4.78 is 0. The number of rotatable bonds is 7. The zero-order valence-corrected chi connectivity index (χ0v) is 11.8. The van der Waals surface area contributed by atoms with Gasteiger partial charge in [0.05, 0.1) is 0 Å². The maximum Gasteiger partial charge on any atom is 0.0190 e. The van der Waals surface area contributed by atoms with Crippen molar-refractivity contribution >= 4 is 0 Å². The average Bonchev–Trinajstić information content (AvgIpc) is 2.16. The first-order valence-corrected chi connectivity index (χ1v) is 6.52. The quantitative estimate of drug-likeness (QED) is 0.623. The minimum absolute atomic E-state index is 0.195. The van der Waals surface area contributed by atoms with Crippen molar-refractivity contribution in [3.63, 3.8) is 0 Å². The third-order valence-electron chi connectivity index (χ3n) is 3.81. The molecule has 0 saturated heterocycles. The summed E-state index contributed by atoms with van der Waals surface area (Å²) in [6.45, 7) is 13.0. The second kappa shape index (κ2) is 7.25. The van der Waals surface area contributed by atoms with Crippen LogP contribution >= 0.6 is 0 Å². The lowest BCUT2D eigenvalue weighted by Gasteiger charge is -2.29. The summed E-state index contributed by atoms with van der Waals surface area (Å²) >= 11 is 0. The molecule has 0 aliphatic heterocycles. The summed E-state index contributed by atoms with van der Waals surface area (Å²) in [6.07, 6.45) is 1.16. The van der Waals surface area contributed by atoms with Crippen LogP contribution < -0.4 is 16.8 Å². The molecular weight excluding hydrogens is 198 g/mol. The molecule has 0 aliphatic carbocycles. The van der Waals surface area contributed by atoms with E-state index in [-0.39, 0.29) is 12.1 Å². The highest BCUT2D eigenvalue weighted by atomic mass is 15.0. The molecule has 0 spiro atoms. The Morgan fingerprint density at radius 1 is 0.750 bits per heavy atom. The summed E-state index contributed by atoms with van der Waals surface area (Å²) in [7, 11) is 0. The van der Waals surface area contributed by atoms with Gasteiger partial charge in [-0.2, -0.15) is 0 Å². The van der Waals surface area contributed by atoms with Crippen LogP contribution in [0.2, 0.25) is 0 Å². The van der Waals surface area contributed by atoms with Gasteiger partial charge in [-0.1, -0.05) is 13.8 Å². The van der Waals surface area contributed by atoms with Gasteiger partial charge in [-0.05, 0) is 46.0 Å². The van der Waals surface area contributed by atoms with Gasteiger partial charge in [-0.3, -0.25) is 0 Å². The van der Waals surface area contributed by atoms with Crippen molar-refractivity contribution in [2.45, 2.75) is 72.1 Å². The van der Waals surface area contributed by atoms with Crippen molar-refractivity contribution in [3.8, 4) is 0 Å². The van der Waals surface area contributed by atoms with Crippen LogP contribution in [0.1, 0.15) is 48.0 Å². The first-order valence-electron chi connectivity index (χ1n) is 6.52. The Kier molecular flexibility index (Phi) is 7.20. The van der Waals surface area contributed by atoms with Crippen molar-refractivity contribution < 1.29 is 0 Å². The molecule has 0 radical (unpaired) electrons. The molecule has 3 nitrogen and oxygen atoms in total. The van der Waals surface area contributed by atoms with Crippen LogP contribution in [0.5, 0.6) is 0 Å². The summed E-state index contributed by atoms with van der Waals surface area (Å²) in [5.74, 6) is 1.20. The van der Waals surface area contributed by atoms with Crippen molar-refractivity contribution in [3.05, 3.63) is 0 Å². The van der Waals surface area contributed by atoms with E-state index in [0.29, 0.717) is 23.9 Å². The molecule has 6 atom stereocenters. The van der Waals surface area contributed by atoms with Crippen molar-refractivity contribution in [1.82, 2.24) is 5.32 Å². The van der Waals surface area contributed by atoms with Gasteiger partial charge in [0.2, 0.25) is 0 Å². The fraction of sp³-hybridized carbons (Fsp3) is 1.00. The molecule has 0 heterocycles. The minimum Gasteiger partial charge on any atom is -0.328 e. The van der Waals surface area contributed by atoms with E-state index in [4.69, 9.17) is 11.5 Å². The van der Waals surface area contributed by atoms with Gasteiger partial charge in [-0.15, -0.1) is 0 Å². The molecule has 0 bridgehead atoms. The Balaban J connectivity index is 4.03. The molecule has 98 valence electrons. The Bertz CT molecular complexity index is 160. The Labute approximate surface area is 101 Å². The number of hydrogen-bond donors (Lipinski definition) is 3. The maximum atomic E-state index is 5.89. The second-order valence-corrected chi connectivity index (χ2v) is 5.65. The largest absolute Gasteiger partial charge is 0.328 e. The third-order valence-corrected chi connectivity index (χ3v) is 3.81. The molecule has 6 unspecified atom stereocenters. The number of hydrogen-bond acceptors (Lipinski definition) is 3. The smallest absolute Gasteiger partial charge is 0.0190 e. The number of nitrogens with two attached hydrogens (primary N) is 2. The molecular formula is C13H31N3. The molecule has 3 heteroatoms. The minimum atomic E-state index is 0.195. The van der Waals surface area contributed by atoms with Crippen LogP contribution in [-0.2, 0) is 0 Å². The van der Waals surface area contributed by atoms with Crippen LogP contribution in [0.25, 0.3) is 0 Å². The van der Waals surface area contributed by atoms with E-state index in [2.05, 4.69) is 39.9 Å². The second-order valence-electron chi connectivity index (χ2n) is 5.65. The van der Waals surface area contributed by atoms with Gasteiger partial charge in [0.15, 0.2) is 0 Å². The molecule has 0 saturated carbocycles. The molecule has 5 N–H and O–H groups in total. The van der Waals surface area contributed by atoms with E-state index in [9.17, 15) is 0 Å². The SMILES string of the molecule is CC(N)C(C)CC(C)C(C)NC(C)C(C)N. The predicted molar refractivity (Wildman–Crippen MR) is 72.3 cm³/mol. The topological polar surface area (TPSA) is 64.1 Å². The van der Waals surface area contributed by atoms with E-state index in [1.165, 1.54) is 0 Å². The number of nitrogens with one attached hydrogen (secondary N) is 1. The highest BCUT2D eigenvalue weighted by molar-refractivity contribution is 4.79. The fourth-order valence-electron chi connectivity index (χ4n) is 1.74. The fourth-order valence-corrected chi connectivity index (χ4v) is 1.74. The summed E-state index contributed by atoms with van der Waals surface area (Å²) in [4.78, 5) is 0. The van der Waals surface area contributed by atoms with Crippen LogP contribution in [0.4, 0.5) is 0 Å². The first kappa shape index (κ1) is 15.9. The first-order chi connectivity index (χ1) is 7.25. The lowest BCUT2D eigenvalue weighted by atomic mass is 9.88. The highest BCUT2D eigenvalue weighted by Gasteiger charge is 2.19. The van der Waals surface area contributed by atoms with Gasteiger partial charge < -0.3 is 16.8 Å². The van der Waals surface area contributed by atoms with E-state index in [0.717, 1.165) is 6.42 Å². The summed E-state index contributed by atoms with van der Waals surface area (Å²) in [5, 5.41) is 3.56. The highest BCUT2D eigenvalue weighted by Crippen LogP contribution is 2.17. The van der Waals surface area contributed by atoms with Crippen LogP contribution in [0.3, 0.4) is 0 Å². The molecule has 0 fully saturated rings. The molecule has 0 amide bonds. The van der Waals surface area contributed by atoms with Crippen LogP contribution in [0.15, 0.2) is 0 Å². The normalized spacial score (nSPS) is 23.2. The molecule has 0 aromatic carbocycles. The van der Waals surface area contributed by atoms with E-state index in [1.807, 2.05) is 6.92 Å². The third kappa shape index (κ3) is 5.83. The molecule has 0 aromatic heterocycles. The van der Waals surface area contributed by atoms with Gasteiger partial charge in [0, 0.05) is 24.2 Å². The summed E-state index contributed by atoms with van der Waals surface area (Å²) in [6, 6.07) is 1.33. The molecule has 16 heavy (non-hydrogen) atoms. The predicted octanol–water partition coefficient (Wildman–Crippen LogP) is 1.71. The van der Waals surface area contributed by atoms with Crippen LogP contribution in [-0.4, -0.2) is 24.2 Å². The van der Waals surface area contributed by atoms with Crippen molar-refractivity contribution in [2.75, 3.05) is 0 Å². The standard InChI is InChI=1S/C13H31N3/c1-8(10(3)14)7-9(2)12(5)16-13(6)11(4)15/h8-13,16H,7,14-15H2,1-6H3. The molecule has 0 rings (SSSR count). The summed E-state index contributed by atoms with van der Waals surface area (Å²) in [5.41, 5.74) is 11.7. The zero-order chi connectivity index (χ0) is 12.9. The molecule has 0 aromatic rings. The lowest BCUT2D eigenvalue weighted by Crippen LogP contribution is -2.47. The Morgan fingerprint density at radius 2 is 1.25 bits per heavy atom. The molecule has 0 aliphatic rings. The lowest BCUT2D eigenvalue weighted by molar-refractivity contribution is 0.285. The van der Waals surface area contributed by atoms with E-state index < -0.39 is 0 Å². The van der Waals surface area contributed by atoms with Crippen molar-refractivity contribution in [2.24, 2.45) is 23.3 Å². The maximum absolute atomic E-state index is 5.89. The Morgan fingerprint density at radius 3 is 1.62 bits per heavy atom. The average molecular weight is 229 g/mol. The van der Waals surface area contributed by atoms with Gasteiger partial charge in [0.1, 0.15) is 0 Å². The van der Waals surface area contributed by atoms with Gasteiger partial charge in [0.25, 0.3) is 0 Å². The van der Waals surface area contributed by atoms with E-state index >= 15 is 0 Å². The zero-order valence-electron chi connectivity index (χ0n) is 11.8. The van der Waals surface area contributed by atoms with Crippen molar-refractivity contribution in [1.29, 1.82) is 0 Å². The van der Waals surface area contributed by atoms with Gasteiger partial charge in [-0.25, -0.2) is 0 Å². The van der Waals surface area contributed by atoms with Crippen LogP contribution in [0, 0.1) is 11.8 Å². The van der Waals surface area contributed by atoms with E-state index in [1.54, 1.807) is 0 Å². The monoisotopic (exact) mass is 229 g/mol.